The minimum Gasteiger partial charge on any atom is -0.428 e. The van der Waals surface area contributed by atoms with E-state index in [-0.39, 0.29) is 12.0 Å². The Morgan fingerprint density at radius 1 is 1.06 bits per heavy atom. The van der Waals surface area contributed by atoms with E-state index >= 15 is 0 Å². The van der Waals surface area contributed by atoms with E-state index in [0.29, 0.717) is 0 Å². The molecule has 0 spiro atoms. The van der Waals surface area contributed by atoms with Gasteiger partial charge in [-0.1, -0.05) is 20.3 Å². The van der Waals surface area contributed by atoms with E-state index in [4.69, 9.17) is 4.74 Å². The van der Waals surface area contributed by atoms with Gasteiger partial charge in [0.05, 0.1) is 5.92 Å². The fourth-order valence-electron chi connectivity index (χ4n) is 1.51. The maximum absolute atomic E-state index is 11.1. The van der Waals surface area contributed by atoms with Crippen molar-refractivity contribution in [2.24, 2.45) is 5.92 Å². The maximum Gasteiger partial charge on any atom is 0.550 e. The van der Waals surface area contributed by atoms with Gasteiger partial charge in [-0.05, 0) is 25.7 Å². The predicted octanol–water partition coefficient (Wildman–Crippen LogP) is 2.59. The molecule has 0 amide bonds. The lowest BCUT2D eigenvalue weighted by Gasteiger charge is -2.20. The van der Waals surface area contributed by atoms with Gasteiger partial charge in [0, 0.05) is 0 Å². The van der Waals surface area contributed by atoms with Gasteiger partial charge in [-0.2, -0.15) is 4.79 Å². The molecule has 5 heteroatoms. The molecule has 5 nitrogen and oxygen atoms in total. The van der Waals surface area contributed by atoms with Gasteiger partial charge < -0.3 is 4.74 Å². The first-order chi connectivity index (χ1) is 7.59. The number of hydrogen-bond acceptors (Lipinski definition) is 5. The standard InChI is InChI=1S/C11H18O5/c1-8(2)10(12)15-16-11(13)14-9-6-4-3-5-7-9/h8-9H,3-7H2,1-2H3. The summed E-state index contributed by atoms with van der Waals surface area (Å²) >= 11 is 0. The second kappa shape index (κ2) is 6.35. The molecule has 1 rings (SSSR count). The zero-order valence-electron chi connectivity index (χ0n) is 9.73. The molecule has 1 fully saturated rings. The number of carbonyl (C=O) groups excluding carboxylic acids is 2. The van der Waals surface area contributed by atoms with E-state index < -0.39 is 12.1 Å². The monoisotopic (exact) mass is 230 g/mol. The van der Waals surface area contributed by atoms with Gasteiger partial charge in [-0.25, -0.2) is 14.6 Å². The van der Waals surface area contributed by atoms with Crippen LogP contribution in [0.5, 0.6) is 0 Å². The van der Waals surface area contributed by atoms with Crippen molar-refractivity contribution in [2.45, 2.75) is 52.1 Å². The third-order valence-electron chi connectivity index (χ3n) is 2.48. The van der Waals surface area contributed by atoms with Gasteiger partial charge in [0.2, 0.25) is 0 Å². The van der Waals surface area contributed by atoms with Crippen molar-refractivity contribution < 1.29 is 24.1 Å². The molecule has 0 bridgehead atoms. The highest BCUT2D eigenvalue weighted by atomic mass is 17.2. The summed E-state index contributed by atoms with van der Waals surface area (Å²) in [4.78, 5) is 30.7. The quantitative estimate of drug-likeness (QED) is 0.414. The van der Waals surface area contributed by atoms with Crippen LogP contribution >= 0.6 is 0 Å². The third-order valence-corrected chi connectivity index (χ3v) is 2.48. The highest BCUT2D eigenvalue weighted by Gasteiger charge is 2.20. The number of hydrogen-bond donors (Lipinski definition) is 0. The molecule has 0 aromatic heterocycles. The Hall–Kier alpha value is -1.26. The Morgan fingerprint density at radius 3 is 2.25 bits per heavy atom. The van der Waals surface area contributed by atoms with Crippen LogP contribution in [0.3, 0.4) is 0 Å². The van der Waals surface area contributed by atoms with Crippen LogP contribution < -0.4 is 0 Å². The van der Waals surface area contributed by atoms with Gasteiger partial charge in [0.25, 0.3) is 0 Å². The van der Waals surface area contributed by atoms with Crippen LogP contribution in [-0.4, -0.2) is 18.2 Å². The van der Waals surface area contributed by atoms with E-state index in [2.05, 4.69) is 9.78 Å². The largest absolute Gasteiger partial charge is 0.550 e. The van der Waals surface area contributed by atoms with Crippen LogP contribution in [0.25, 0.3) is 0 Å². The van der Waals surface area contributed by atoms with Gasteiger partial charge in [0.15, 0.2) is 0 Å². The fraction of sp³-hybridized carbons (Fsp3) is 0.818. The van der Waals surface area contributed by atoms with Crippen LogP contribution in [0.4, 0.5) is 4.79 Å². The molecule has 0 unspecified atom stereocenters. The van der Waals surface area contributed by atoms with E-state index in [1.54, 1.807) is 13.8 Å². The highest BCUT2D eigenvalue weighted by molar-refractivity contribution is 5.72. The van der Waals surface area contributed by atoms with Crippen LogP contribution in [0.2, 0.25) is 0 Å². The molecule has 92 valence electrons. The molecular weight excluding hydrogens is 212 g/mol. The summed E-state index contributed by atoms with van der Waals surface area (Å²) in [7, 11) is 0. The average Bonchev–Trinajstić information content (AvgIpc) is 2.27. The van der Waals surface area contributed by atoms with Crippen molar-refractivity contribution >= 4 is 12.1 Å². The van der Waals surface area contributed by atoms with E-state index in [1.807, 2.05) is 0 Å². The Morgan fingerprint density at radius 2 is 1.69 bits per heavy atom. The van der Waals surface area contributed by atoms with Crippen LogP contribution in [0.1, 0.15) is 46.0 Å². The van der Waals surface area contributed by atoms with Gasteiger partial charge in [0.1, 0.15) is 6.10 Å². The summed E-state index contributed by atoms with van der Waals surface area (Å²) < 4.78 is 4.98. The molecule has 1 aliphatic rings. The minimum atomic E-state index is -0.930. The molecule has 16 heavy (non-hydrogen) atoms. The first kappa shape index (κ1) is 12.8. The van der Waals surface area contributed by atoms with Crippen molar-refractivity contribution in [2.75, 3.05) is 0 Å². The predicted molar refractivity (Wildman–Crippen MR) is 55.4 cm³/mol. The Balaban J connectivity index is 2.17. The van der Waals surface area contributed by atoms with Crippen LogP contribution in [0, 0.1) is 5.92 Å². The SMILES string of the molecule is CC(C)C(=O)OOC(=O)OC1CCCCC1. The Bertz CT molecular complexity index is 243. The van der Waals surface area contributed by atoms with Gasteiger partial charge in [-0.3, -0.25) is 0 Å². The fourth-order valence-corrected chi connectivity index (χ4v) is 1.51. The van der Waals surface area contributed by atoms with Crippen molar-refractivity contribution in [3.8, 4) is 0 Å². The summed E-state index contributed by atoms with van der Waals surface area (Å²) in [6.45, 7) is 3.30. The topological polar surface area (TPSA) is 61.8 Å². The molecule has 0 atom stereocenters. The zero-order valence-corrected chi connectivity index (χ0v) is 9.73. The average molecular weight is 230 g/mol. The molecule has 0 saturated heterocycles. The maximum atomic E-state index is 11.1. The highest BCUT2D eigenvalue weighted by Crippen LogP contribution is 2.20. The van der Waals surface area contributed by atoms with Gasteiger partial charge in [-0.15, -0.1) is 0 Å². The van der Waals surface area contributed by atoms with Gasteiger partial charge >= 0.3 is 12.1 Å². The third kappa shape index (κ3) is 4.51. The number of rotatable bonds is 2. The zero-order chi connectivity index (χ0) is 12.0. The summed E-state index contributed by atoms with van der Waals surface area (Å²) in [6.07, 6.45) is 3.98. The van der Waals surface area contributed by atoms with E-state index in [1.165, 1.54) is 6.42 Å². The second-order valence-corrected chi connectivity index (χ2v) is 4.27. The molecule has 0 aromatic carbocycles. The molecule has 1 aliphatic carbocycles. The molecule has 0 aliphatic heterocycles. The smallest absolute Gasteiger partial charge is 0.428 e. The molecular formula is C11H18O5. The van der Waals surface area contributed by atoms with Crippen molar-refractivity contribution in [1.29, 1.82) is 0 Å². The normalized spacial score (nSPS) is 16.9. The lowest BCUT2D eigenvalue weighted by molar-refractivity contribution is -0.249. The molecule has 0 heterocycles. The molecule has 0 radical (unpaired) electrons. The molecule has 1 saturated carbocycles. The van der Waals surface area contributed by atoms with E-state index in [0.717, 1.165) is 25.7 Å². The molecule has 0 aromatic rings. The first-order valence-corrected chi connectivity index (χ1v) is 5.68. The Labute approximate surface area is 95.0 Å². The molecule has 0 N–H and O–H groups in total. The minimum absolute atomic E-state index is 0.0981. The van der Waals surface area contributed by atoms with Crippen molar-refractivity contribution in [1.82, 2.24) is 0 Å². The number of carbonyl (C=O) groups is 2. The van der Waals surface area contributed by atoms with Crippen molar-refractivity contribution in [3.05, 3.63) is 0 Å². The lowest BCUT2D eigenvalue weighted by Crippen LogP contribution is -2.23. The lowest BCUT2D eigenvalue weighted by atomic mass is 9.98. The summed E-state index contributed by atoms with van der Waals surface area (Å²) in [5.41, 5.74) is 0. The number of ether oxygens (including phenoxy) is 1. The first-order valence-electron chi connectivity index (χ1n) is 5.68. The summed E-state index contributed by atoms with van der Waals surface area (Å²) in [6, 6.07) is 0. The summed E-state index contributed by atoms with van der Waals surface area (Å²) in [5.74, 6) is -0.914. The Kier molecular flexibility index (Phi) is 5.08. The van der Waals surface area contributed by atoms with Crippen LogP contribution in [-0.2, 0) is 19.3 Å². The second-order valence-electron chi connectivity index (χ2n) is 4.27. The summed E-state index contributed by atoms with van der Waals surface area (Å²) in [5, 5.41) is 0. The van der Waals surface area contributed by atoms with E-state index in [9.17, 15) is 9.59 Å². The van der Waals surface area contributed by atoms with Crippen LogP contribution in [0.15, 0.2) is 0 Å². The van der Waals surface area contributed by atoms with Crippen molar-refractivity contribution in [3.63, 3.8) is 0 Å².